The van der Waals surface area contributed by atoms with Gasteiger partial charge in [0, 0.05) is 49.5 Å². The predicted octanol–water partition coefficient (Wildman–Crippen LogP) is 1.59. The first kappa shape index (κ1) is 19.9. The van der Waals surface area contributed by atoms with Crippen LogP contribution in [0.25, 0.3) is 0 Å². The zero-order chi connectivity index (χ0) is 19.6. The van der Waals surface area contributed by atoms with Crippen LogP contribution in [0.5, 0.6) is 0 Å². The summed E-state index contributed by atoms with van der Waals surface area (Å²) in [6.07, 6.45) is 3.35. The second-order valence-corrected chi connectivity index (χ2v) is 8.69. The Bertz CT molecular complexity index is 732. The smallest absolute Gasteiger partial charge is 0.271 e. The number of aromatic nitrogens is 2. The van der Waals surface area contributed by atoms with Crippen molar-refractivity contribution in [3.8, 4) is 0 Å². The molecule has 8 nitrogen and oxygen atoms in total. The second kappa shape index (κ2) is 8.00. The Morgan fingerprint density at radius 2 is 2.19 bits per heavy atom. The number of nitrogens with zero attached hydrogens (tertiary/aromatic N) is 2. The first-order valence-corrected chi connectivity index (χ1v) is 10.2. The second-order valence-electron chi connectivity index (χ2n) is 7.84. The van der Waals surface area contributed by atoms with Crippen molar-refractivity contribution in [3.05, 3.63) is 16.4 Å². The molecule has 2 fully saturated rings. The number of amides is 3. The molecule has 3 N–H and O–H groups in total. The highest BCUT2D eigenvalue weighted by atomic mass is 79.9. The molecule has 3 heterocycles. The zero-order valence-corrected chi connectivity index (χ0v) is 17.3. The van der Waals surface area contributed by atoms with Crippen molar-refractivity contribution in [1.29, 1.82) is 0 Å². The number of halogens is 1. The predicted molar refractivity (Wildman–Crippen MR) is 103 cm³/mol. The summed E-state index contributed by atoms with van der Waals surface area (Å²) in [6, 6.07) is 1.75. The van der Waals surface area contributed by atoms with E-state index < -0.39 is 0 Å². The molecule has 2 unspecified atom stereocenters. The third kappa shape index (κ3) is 4.51. The fraction of sp³-hybridized carbons (Fsp3) is 0.667. The van der Waals surface area contributed by atoms with Gasteiger partial charge in [-0.25, -0.2) is 0 Å². The van der Waals surface area contributed by atoms with Gasteiger partial charge in [0.25, 0.3) is 5.91 Å². The molecule has 3 amide bonds. The molecule has 0 aliphatic carbocycles. The molecule has 2 atom stereocenters. The minimum Gasteiger partial charge on any atom is -0.353 e. The molecule has 1 aromatic heterocycles. The number of likely N-dealkylation sites (tertiary alicyclic amines) is 1. The maximum Gasteiger partial charge on any atom is 0.271 e. The maximum atomic E-state index is 12.7. The fourth-order valence-electron chi connectivity index (χ4n) is 3.99. The van der Waals surface area contributed by atoms with Crippen LogP contribution in [0.2, 0.25) is 0 Å². The van der Waals surface area contributed by atoms with Crippen LogP contribution in [0.4, 0.5) is 0 Å². The topological polar surface area (TPSA) is 107 Å². The van der Waals surface area contributed by atoms with Crippen LogP contribution < -0.4 is 10.6 Å². The van der Waals surface area contributed by atoms with Crippen LogP contribution in [0.1, 0.15) is 56.4 Å². The summed E-state index contributed by atoms with van der Waals surface area (Å²) >= 11 is 3.24. The molecule has 148 valence electrons. The maximum absolute atomic E-state index is 12.7. The van der Waals surface area contributed by atoms with Crippen molar-refractivity contribution in [2.75, 3.05) is 13.1 Å². The summed E-state index contributed by atoms with van der Waals surface area (Å²) in [6.45, 7) is 5.30. The Labute approximate surface area is 167 Å². The van der Waals surface area contributed by atoms with Crippen molar-refractivity contribution in [2.24, 2.45) is 5.92 Å². The van der Waals surface area contributed by atoms with Gasteiger partial charge in [0.15, 0.2) is 5.69 Å². The van der Waals surface area contributed by atoms with E-state index in [1.807, 2.05) is 4.90 Å². The Kier molecular flexibility index (Phi) is 5.88. The minimum absolute atomic E-state index is 0.0775. The number of nitrogens with one attached hydrogen (secondary N) is 3. The van der Waals surface area contributed by atoms with E-state index >= 15 is 0 Å². The molecule has 3 rings (SSSR count). The fourth-order valence-corrected chi connectivity index (χ4v) is 4.30. The number of carbonyl (C=O) groups is 3. The van der Waals surface area contributed by atoms with E-state index in [0.717, 1.165) is 12.8 Å². The summed E-state index contributed by atoms with van der Waals surface area (Å²) in [7, 11) is 0. The van der Waals surface area contributed by atoms with Crippen LogP contribution in [-0.4, -0.2) is 57.5 Å². The van der Waals surface area contributed by atoms with Gasteiger partial charge in [0.1, 0.15) is 4.60 Å². The van der Waals surface area contributed by atoms with E-state index in [2.05, 4.69) is 50.6 Å². The monoisotopic (exact) mass is 439 g/mol. The molecular formula is C18H26BrN5O3. The van der Waals surface area contributed by atoms with Gasteiger partial charge in [-0.1, -0.05) is 0 Å². The van der Waals surface area contributed by atoms with Gasteiger partial charge in [-0.05, 0) is 49.0 Å². The van der Waals surface area contributed by atoms with E-state index in [-0.39, 0.29) is 35.2 Å². The van der Waals surface area contributed by atoms with Crippen LogP contribution in [0, 0.1) is 5.92 Å². The first-order valence-electron chi connectivity index (χ1n) is 9.36. The third-order valence-electron chi connectivity index (χ3n) is 5.78. The quantitative estimate of drug-likeness (QED) is 0.625. The lowest BCUT2D eigenvalue weighted by atomic mass is 9.88. The molecule has 0 saturated carbocycles. The van der Waals surface area contributed by atoms with Gasteiger partial charge in [0.05, 0.1) is 0 Å². The summed E-state index contributed by atoms with van der Waals surface area (Å²) in [5, 5.41) is 12.4. The normalized spacial score (nSPS) is 24.1. The molecule has 0 spiro atoms. The average molecular weight is 440 g/mol. The molecule has 2 aliphatic heterocycles. The van der Waals surface area contributed by atoms with Crippen molar-refractivity contribution in [2.45, 2.75) is 57.5 Å². The van der Waals surface area contributed by atoms with Gasteiger partial charge in [0.2, 0.25) is 11.8 Å². The van der Waals surface area contributed by atoms with E-state index in [4.69, 9.17) is 0 Å². The molecule has 1 aromatic rings. The lowest BCUT2D eigenvalue weighted by molar-refractivity contribution is -0.135. The van der Waals surface area contributed by atoms with Gasteiger partial charge in [-0.2, -0.15) is 5.10 Å². The van der Waals surface area contributed by atoms with Gasteiger partial charge in [-0.3, -0.25) is 19.5 Å². The van der Waals surface area contributed by atoms with E-state index in [0.29, 0.717) is 42.6 Å². The Balaban J connectivity index is 1.50. The van der Waals surface area contributed by atoms with Gasteiger partial charge >= 0.3 is 0 Å². The van der Waals surface area contributed by atoms with Crippen LogP contribution in [0.3, 0.4) is 0 Å². The number of aromatic amines is 1. The van der Waals surface area contributed by atoms with Crippen LogP contribution >= 0.6 is 15.9 Å². The number of H-pyrrole nitrogens is 1. The lowest BCUT2D eigenvalue weighted by Gasteiger charge is -2.36. The third-order valence-corrected chi connectivity index (χ3v) is 6.18. The largest absolute Gasteiger partial charge is 0.353 e. The van der Waals surface area contributed by atoms with Crippen LogP contribution in [0.15, 0.2) is 10.7 Å². The zero-order valence-electron chi connectivity index (χ0n) is 15.7. The minimum atomic E-state index is -0.324. The molecule has 27 heavy (non-hydrogen) atoms. The average Bonchev–Trinajstić information content (AvgIpc) is 3.30. The SMILES string of the molecule is CC1(C)C(CNC(=O)c2cc(Br)[nH]n2)CCN1C(=O)CCC1CCC(=O)N1. The summed E-state index contributed by atoms with van der Waals surface area (Å²) in [5.41, 5.74) is 0.0133. The van der Waals surface area contributed by atoms with Gasteiger partial charge in [-0.15, -0.1) is 0 Å². The molecule has 9 heteroatoms. The molecule has 2 saturated heterocycles. The Morgan fingerprint density at radius 3 is 2.81 bits per heavy atom. The highest BCUT2D eigenvalue weighted by molar-refractivity contribution is 9.10. The highest BCUT2D eigenvalue weighted by Gasteiger charge is 2.43. The van der Waals surface area contributed by atoms with Crippen molar-refractivity contribution in [3.63, 3.8) is 0 Å². The standard InChI is InChI=1S/C18H26BrN5O3/c1-18(2)11(10-20-17(27)13-9-14(19)23-22-13)7-8-24(18)16(26)6-4-12-3-5-15(25)21-12/h9,11-12H,3-8,10H2,1-2H3,(H,20,27)(H,21,25)(H,22,23). The van der Waals surface area contributed by atoms with Crippen molar-refractivity contribution in [1.82, 2.24) is 25.7 Å². The van der Waals surface area contributed by atoms with Gasteiger partial charge < -0.3 is 15.5 Å². The number of hydrogen-bond acceptors (Lipinski definition) is 4. The number of carbonyl (C=O) groups excluding carboxylic acids is 3. The van der Waals surface area contributed by atoms with E-state index in [1.54, 1.807) is 6.07 Å². The van der Waals surface area contributed by atoms with Crippen molar-refractivity contribution < 1.29 is 14.4 Å². The molecule has 0 bridgehead atoms. The highest BCUT2D eigenvalue weighted by Crippen LogP contribution is 2.35. The molecule has 2 aliphatic rings. The number of hydrogen-bond donors (Lipinski definition) is 3. The van der Waals surface area contributed by atoms with E-state index in [9.17, 15) is 14.4 Å². The lowest BCUT2D eigenvalue weighted by Crippen LogP contribution is -2.49. The summed E-state index contributed by atoms with van der Waals surface area (Å²) in [4.78, 5) is 38.1. The Morgan fingerprint density at radius 1 is 1.41 bits per heavy atom. The Hall–Kier alpha value is -1.90. The molecule has 0 radical (unpaired) electrons. The van der Waals surface area contributed by atoms with E-state index in [1.165, 1.54) is 0 Å². The molecule has 0 aromatic carbocycles. The van der Waals surface area contributed by atoms with Crippen LogP contribution in [-0.2, 0) is 9.59 Å². The van der Waals surface area contributed by atoms with Crippen molar-refractivity contribution >= 4 is 33.7 Å². The summed E-state index contributed by atoms with van der Waals surface area (Å²) < 4.78 is 0.657. The first-order chi connectivity index (χ1) is 12.8. The number of rotatable bonds is 6. The molecular weight excluding hydrogens is 414 g/mol. The summed E-state index contributed by atoms with van der Waals surface area (Å²) in [5.74, 6) is 0.147.